The zero-order valence-electron chi connectivity index (χ0n) is 9.99. The van der Waals surface area contributed by atoms with E-state index in [1.165, 1.54) is 12.3 Å². The Labute approximate surface area is 110 Å². The van der Waals surface area contributed by atoms with Crippen molar-refractivity contribution in [2.45, 2.75) is 6.92 Å². The average molecular weight is 266 g/mol. The van der Waals surface area contributed by atoms with Crippen molar-refractivity contribution in [2.75, 3.05) is 12.4 Å². The second-order valence-corrected chi connectivity index (χ2v) is 4.09. The minimum Gasteiger partial charge on any atom is -0.497 e. The fourth-order valence-corrected chi connectivity index (χ4v) is 1.75. The summed E-state index contributed by atoms with van der Waals surface area (Å²) in [4.78, 5) is 11.9. The van der Waals surface area contributed by atoms with Gasteiger partial charge in [0, 0.05) is 5.69 Å². The van der Waals surface area contributed by atoms with Crippen LogP contribution in [0.2, 0.25) is 5.22 Å². The van der Waals surface area contributed by atoms with Crippen LogP contribution in [-0.2, 0) is 0 Å². The molecule has 1 amide bonds. The highest BCUT2D eigenvalue weighted by Crippen LogP contribution is 2.23. The fourth-order valence-electron chi connectivity index (χ4n) is 1.55. The number of furan rings is 1. The molecule has 0 saturated carbocycles. The summed E-state index contributed by atoms with van der Waals surface area (Å²) in [5.74, 6) is 0.439. The van der Waals surface area contributed by atoms with E-state index in [0.29, 0.717) is 11.3 Å². The zero-order chi connectivity index (χ0) is 13.1. The first-order valence-electron chi connectivity index (χ1n) is 5.31. The van der Waals surface area contributed by atoms with Crippen molar-refractivity contribution in [2.24, 2.45) is 0 Å². The quantitative estimate of drug-likeness (QED) is 0.924. The monoisotopic (exact) mass is 265 g/mol. The van der Waals surface area contributed by atoms with Gasteiger partial charge in [-0.15, -0.1) is 0 Å². The SMILES string of the molecule is COc1ccc(NC(=O)c2ccoc2Cl)c(C)c1. The van der Waals surface area contributed by atoms with Crippen LogP contribution in [0.1, 0.15) is 15.9 Å². The van der Waals surface area contributed by atoms with E-state index < -0.39 is 0 Å². The summed E-state index contributed by atoms with van der Waals surface area (Å²) in [6.45, 7) is 1.88. The van der Waals surface area contributed by atoms with Gasteiger partial charge < -0.3 is 14.5 Å². The van der Waals surface area contributed by atoms with Gasteiger partial charge in [-0.25, -0.2) is 0 Å². The second-order valence-electron chi connectivity index (χ2n) is 3.74. The number of hydrogen-bond donors (Lipinski definition) is 1. The van der Waals surface area contributed by atoms with Crippen LogP contribution in [0.5, 0.6) is 5.75 Å². The number of carbonyl (C=O) groups is 1. The van der Waals surface area contributed by atoms with Crippen LogP contribution in [0, 0.1) is 6.92 Å². The van der Waals surface area contributed by atoms with Gasteiger partial charge in [0.15, 0.2) is 0 Å². The number of aryl methyl sites for hydroxylation is 1. The highest BCUT2D eigenvalue weighted by molar-refractivity contribution is 6.32. The first-order chi connectivity index (χ1) is 8.61. The van der Waals surface area contributed by atoms with Crippen molar-refractivity contribution in [1.29, 1.82) is 0 Å². The Morgan fingerprint density at radius 1 is 1.39 bits per heavy atom. The third-order valence-corrected chi connectivity index (χ3v) is 2.84. The van der Waals surface area contributed by atoms with E-state index in [4.69, 9.17) is 20.8 Å². The summed E-state index contributed by atoms with van der Waals surface area (Å²) in [6.07, 6.45) is 1.37. The maximum absolute atomic E-state index is 11.9. The minimum atomic E-state index is -0.304. The van der Waals surface area contributed by atoms with Gasteiger partial charge in [-0.2, -0.15) is 0 Å². The molecule has 0 fully saturated rings. The van der Waals surface area contributed by atoms with Gasteiger partial charge in [-0.05, 0) is 48.4 Å². The molecule has 94 valence electrons. The van der Waals surface area contributed by atoms with Gasteiger partial charge in [0.25, 0.3) is 5.91 Å². The molecule has 1 aromatic carbocycles. The molecular formula is C13H12ClNO3. The Bertz CT molecular complexity index is 577. The molecule has 0 unspecified atom stereocenters. The van der Waals surface area contributed by atoms with Crippen LogP contribution < -0.4 is 10.1 Å². The van der Waals surface area contributed by atoms with Crippen molar-refractivity contribution in [3.05, 3.63) is 46.9 Å². The summed E-state index contributed by atoms with van der Waals surface area (Å²) in [7, 11) is 1.60. The minimum absolute atomic E-state index is 0.0821. The lowest BCUT2D eigenvalue weighted by molar-refractivity contribution is 0.102. The molecule has 4 nitrogen and oxygen atoms in total. The van der Waals surface area contributed by atoms with Crippen LogP contribution in [0.25, 0.3) is 0 Å². The number of carbonyl (C=O) groups excluding carboxylic acids is 1. The number of nitrogens with one attached hydrogen (secondary N) is 1. The normalized spacial score (nSPS) is 10.2. The Hall–Kier alpha value is -1.94. The lowest BCUT2D eigenvalue weighted by atomic mass is 10.2. The van der Waals surface area contributed by atoms with Gasteiger partial charge in [0.05, 0.1) is 18.9 Å². The van der Waals surface area contributed by atoms with Gasteiger partial charge in [-0.1, -0.05) is 0 Å². The number of amides is 1. The first kappa shape index (κ1) is 12.5. The molecule has 0 radical (unpaired) electrons. The molecule has 0 saturated heterocycles. The molecule has 2 rings (SSSR count). The van der Waals surface area contributed by atoms with Crippen molar-refractivity contribution >= 4 is 23.2 Å². The zero-order valence-corrected chi connectivity index (χ0v) is 10.7. The molecule has 1 aromatic heterocycles. The third-order valence-electron chi connectivity index (χ3n) is 2.54. The predicted molar refractivity (Wildman–Crippen MR) is 69.4 cm³/mol. The first-order valence-corrected chi connectivity index (χ1v) is 5.68. The Balaban J connectivity index is 2.20. The number of methoxy groups -OCH3 is 1. The Morgan fingerprint density at radius 2 is 2.17 bits per heavy atom. The molecule has 0 atom stereocenters. The number of rotatable bonds is 3. The lowest BCUT2D eigenvalue weighted by Crippen LogP contribution is -2.12. The molecule has 1 heterocycles. The smallest absolute Gasteiger partial charge is 0.260 e. The van der Waals surface area contributed by atoms with Crippen LogP contribution in [-0.4, -0.2) is 13.0 Å². The standard InChI is InChI=1S/C13H12ClNO3/c1-8-7-9(17-2)3-4-11(8)15-13(16)10-5-6-18-12(10)14/h3-7H,1-2H3,(H,15,16). The highest BCUT2D eigenvalue weighted by atomic mass is 35.5. The van der Waals surface area contributed by atoms with Crippen molar-refractivity contribution in [3.63, 3.8) is 0 Å². The largest absolute Gasteiger partial charge is 0.497 e. The third kappa shape index (κ3) is 2.49. The molecule has 18 heavy (non-hydrogen) atoms. The highest BCUT2D eigenvalue weighted by Gasteiger charge is 2.14. The van der Waals surface area contributed by atoms with E-state index in [9.17, 15) is 4.79 Å². The van der Waals surface area contributed by atoms with Crippen LogP contribution >= 0.6 is 11.6 Å². The fraction of sp³-hybridized carbons (Fsp3) is 0.154. The maximum atomic E-state index is 11.9. The summed E-state index contributed by atoms with van der Waals surface area (Å²) in [5, 5.41) is 2.85. The molecule has 2 aromatic rings. The van der Waals surface area contributed by atoms with E-state index in [1.807, 2.05) is 13.0 Å². The summed E-state index contributed by atoms with van der Waals surface area (Å²) in [6, 6.07) is 6.92. The molecule has 0 aliphatic carbocycles. The molecule has 0 spiro atoms. The number of halogens is 1. The topological polar surface area (TPSA) is 51.5 Å². The van der Waals surface area contributed by atoms with Gasteiger partial charge in [-0.3, -0.25) is 4.79 Å². The van der Waals surface area contributed by atoms with Gasteiger partial charge >= 0.3 is 0 Å². The lowest BCUT2D eigenvalue weighted by Gasteiger charge is -2.09. The molecule has 0 bridgehead atoms. The van der Waals surface area contributed by atoms with E-state index in [1.54, 1.807) is 19.2 Å². The van der Waals surface area contributed by atoms with E-state index >= 15 is 0 Å². The molecule has 1 N–H and O–H groups in total. The van der Waals surface area contributed by atoms with Crippen molar-refractivity contribution < 1.29 is 13.9 Å². The Morgan fingerprint density at radius 3 is 2.72 bits per heavy atom. The number of benzene rings is 1. The maximum Gasteiger partial charge on any atom is 0.260 e. The Kier molecular flexibility index (Phi) is 3.58. The average Bonchev–Trinajstić information content (AvgIpc) is 2.78. The number of anilines is 1. The second kappa shape index (κ2) is 5.14. The molecular weight excluding hydrogens is 254 g/mol. The molecule has 5 heteroatoms. The van der Waals surface area contributed by atoms with E-state index in [-0.39, 0.29) is 11.1 Å². The summed E-state index contributed by atoms with van der Waals surface area (Å²) < 4.78 is 9.97. The van der Waals surface area contributed by atoms with E-state index in [0.717, 1.165) is 11.3 Å². The summed E-state index contributed by atoms with van der Waals surface area (Å²) >= 11 is 5.74. The predicted octanol–water partition coefficient (Wildman–Crippen LogP) is 3.50. The van der Waals surface area contributed by atoms with Crippen molar-refractivity contribution in [3.8, 4) is 5.75 Å². The van der Waals surface area contributed by atoms with E-state index in [2.05, 4.69) is 5.32 Å². The van der Waals surface area contributed by atoms with Crippen molar-refractivity contribution in [1.82, 2.24) is 0 Å². The van der Waals surface area contributed by atoms with Crippen LogP contribution in [0.4, 0.5) is 5.69 Å². The molecule has 0 aliphatic rings. The van der Waals surface area contributed by atoms with Crippen LogP contribution in [0.15, 0.2) is 34.9 Å². The summed E-state index contributed by atoms with van der Waals surface area (Å²) in [5.41, 5.74) is 1.92. The van der Waals surface area contributed by atoms with Gasteiger partial charge in [0.2, 0.25) is 5.22 Å². The van der Waals surface area contributed by atoms with Crippen LogP contribution in [0.3, 0.4) is 0 Å². The molecule has 0 aliphatic heterocycles. The number of ether oxygens (including phenoxy) is 1. The van der Waals surface area contributed by atoms with Gasteiger partial charge in [0.1, 0.15) is 5.75 Å². The number of hydrogen-bond acceptors (Lipinski definition) is 3.